The second kappa shape index (κ2) is 13.8. The van der Waals surface area contributed by atoms with Crippen molar-refractivity contribution >= 4 is 33.2 Å². The third-order valence-electron chi connectivity index (χ3n) is 6.17. The van der Waals surface area contributed by atoms with E-state index in [0.29, 0.717) is 42.3 Å². The Balaban J connectivity index is 1.86. The molecule has 3 aromatic rings. The number of hydrogen-bond donors (Lipinski definition) is 0. The van der Waals surface area contributed by atoms with Crippen LogP contribution in [0.15, 0.2) is 83.3 Å². The third kappa shape index (κ3) is 7.82. The molecule has 1 unspecified atom stereocenters. The maximum atomic E-state index is 15.0. The lowest BCUT2D eigenvalue weighted by Crippen LogP contribution is -2.34. The summed E-state index contributed by atoms with van der Waals surface area (Å²) < 4.78 is 63.8. The van der Waals surface area contributed by atoms with Crippen LogP contribution in [0.5, 0.6) is 5.75 Å². The highest BCUT2D eigenvalue weighted by molar-refractivity contribution is 7.92. The van der Waals surface area contributed by atoms with Crippen molar-refractivity contribution in [1.82, 2.24) is 4.90 Å². The van der Waals surface area contributed by atoms with Crippen LogP contribution in [0, 0.1) is 11.6 Å². The molecule has 10 heteroatoms. The zero-order valence-corrected chi connectivity index (χ0v) is 24.5. The fourth-order valence-electron chi connectivity index (χ4n) is 4.11. The molecule has 0 radical (unpaired) electrons. The van der Waals surface area contributed by atoms with Crippen molar-refractivity contribution in [2.24, 2.45) is 0 Å². The maximum Gasteiger partial charge on any atom is 0.264 e. The Morgan fingerprint density at radius 1 is 1.02 bits per heavy atom. The van der Waals surface area contributed by atoms with Gasteiger partial charge in [-0.1, -0.05) is 35.4 Å². The zero-order chi connectivity index (χ0) is 29.4. The minimum Gasteiger partial charge on any atom is -0.493 e. The van der Waals surface area contributed by atoms with Crippen LogP contribution in [0.4, 0.5) is 14.5 Å². The van der Waals surface area contributed by atoms with E-state index >= 15 is 4.39 Å². The van der Waals surface area contributed by atoms with Gasteiger partial charge in [-0.25, -0.2) is 17.2 Å². The summed E-state index contributed by atoms with van der Waals surface area (Å²) in [5.41, 5.74) is 0.969. The molecule has 0 spiro atoms. The molecule has 214 valence electrons. The van der Waals surface area contributed by atoms with Crippen molar-refractivity contribution in [2.45, 2.75) is 44.6 Å². The minimum atomic E-state index is -4.36. The van der Waals surface area contributed by atoms with Gasteiger partial charge in [-0.05, 0) is 76.1 Å². The Labute approximate surface area is 239 Å². The van der Waals surface area contributed by atoms with Crippen LogP contribution in [-0.4, -0.2) is 39.4 Å². The van der Waals surface area contributed by atoms with Crippen molar-refractivity contribution in [1.29, 1.82) is 0 Å². The van der Waals surface area contributed by atoms with E-state index in [2.05, 4.69) is 0 Å². The molecule has 0 aliphatic heterocycles. The van der Waals surface area contributed by atoms with E-state index in [9.17, 15) is 17.6 Å². The van der Waals surface area contributed by atoms with Gasteiger partial charge in [0.1, 0.15) is 17.4 Å². The third-order valence-corrected chi connectivity index (χ3v) is 8.32. The van der Waals surface area contributed by atoms with E-state index in [4.69, 9.17) is 16.3 Å². The van der Waals surface area contributed by atoms with Gasteiger partial charge in [-0.15, -0.1) is 0 Å². The summed E-state index contributed by atoms with van der Waals surface area (Å²) in [5, 5.41) is 0.335. The number of anilines is 1. The quantitative estimate of drug-likeness (QED) is 0.166. The molecule has 0 bridgehead atoms. The van der Waals surface area contributed by atoms with Crippen LogP contribution in [0.1, 0.15) is 45.2 Å². The summed E-state index contributed by atoms with van der Waals surface area (Å²) in [7, 11) is -2.62. The van der Waals surface area contributed by atoms with Gasteiger partial charge in [0.05, 0.1) is 23.2 Å². The second-order valence-electron chi connectivity index (χ2n) is 9.60. The number of rotatable bonds is 12. The SMILES string of the molecule is CC(C)=CC(=O)N(C)CCCCOc1ccccc1C(C)N(c1cc(F)ccc1F)S(=O)(=O)c1ccc(Cl)cc1. The molecular weight excluding hydrogens is 558 g/mol. The summed E-state index contributed by atoms with van der Waals surface area (Å²) in [5.74, 6) is -1.32. The number of nitrogens with zero attached hydrogens (tertiary/aromatic N) is 2. The lowest BCUT2D eigenvalue weighted by atomic mass is 10.1. The number of unbranched alkanes of at least 4 members (excludes halogenated alkanes) is 1. The van der Waals surface area contributed by atoms with E-state index in [-0.39, 0.29) is 10.8 Å². The average Bonchev–Trinajstić information content (AvgIpc) is 2.90. The second-order valence-corrected chi connectivity index (χ2v) is 11.9. The molecule has 1 atom stereocenters. The van der Waals surface area contributed by atoms with Gasteiger partial charge in [-0.2, -0.15) is 0 Å². The molecule has 0 aliphatic carbocycles. The van der Waals surface area contributed by atoms with Gasteiger partial charge < -0.3 is 9.64 Å². The molecule has 0 N–H and O–H groups in total. The predicted octanol–water partition coefficient (Wildman–Crippen LogP) is 7.16. The fourth-order valence-corrected chi connectivity index (χ4v) is 5.87. The molecule has 3 aromatic carbocycles. The first-order valence-corrected chi connectivity index (χ1v) is 14.6. The number of likely N-dealkylation sites (N-methyl/N-ethyl adjacent to an activating group) is 1. The van der Waals surface area contributed by atoms with Crippen molar-refractivity contribution in [3.05, 3.63) is 101 Å². The Morgan fingerprint density at radius 2 is 1.70 bits per heavy atom. The number of carbonyl (C=O) groups excluding carboxylic acids is 1. The van der Waals surface area contributed by atoms with Crippen LogP contribution < -0.4 is 9.04 Å². The first-order valence-electron chi connectivity index (χ1n) is 12.8. The van der Waals surface area contributed by atoms with Crippen molar-refractivity contribution in [2.75, 3.05) is 24.5 Å². The van der Waals surface area contributed by atoms with Gasteiger partial charge in [0.2, 0.25) is 5.91 Å². The Bertz CT molecular complexity index is 1460. The smallest absolute Gasteiger partial charge is 0.264 e. The van der Waals surface area contributed by atoms with Crippen LogP contribution in [0.2, 0.25) is 5.02 Å². The summed E-state index contributed by atoms with van der Waals surface area (Å²) in [4.78, 5) is 13.6. The topological polar surface area (TPSA) is 66.9 Å². The maximum absolute atomic E-state index is 15.0. The van der Waals surface area contributed by atoms with Crippen molar-refractivity contribution in [3.63, 3.8) is 0 Å². The van der Waals surface area contributed by atoms with Crippen LogP contribution >= 0.6 is 11.6 Å². The molecular formula is C30H33ClF2N2O4S. The highest BCUT2D eigenvalue weighted by Crippen LogP contribution is 2.38. The van der Waals surface area contributed by atoms with E-state index in [0.717, 1.165) is 28.1 Å². The van der Waals surface area contributed by atoms with E-state index in [1.54, 1.807) is 49.2 Å². The van der Waals surface area contributed by atoms with E-state index in [1.165, 1.54) is 24.3 Å². The van der Waals surface area contributed by atoms with Gasteiger partial charge in [0.15, 0.2) is 0 Å². The Hall–Kier alpha value is -3.43. The molecule has 0 saturated carbocycles. The fraction of sp³-hybridized carbons (Fsp3) is 0.300. The first-order chi connectivity index (χ1) is 18.9. The molecule has 1 amide bonds. The largest absolute Gasteiger partial charge is 0.493 e. The van der Waals surface area contributed by atoms with E-state index < -0.39 is 33.4 Å². The number of amides is 1. The minimum absolute atomic E-state index is 0.0633. The number of hydrogen-bond acceptors (Lipinski definition) is 4. The van der Waals surface area contributed by atoms with Crippen molar-refractivity contribution < 1.29 is 26.7 Å². The van der Waals surface area contributed by atoms with E-state index in [1.807, 2.05) is 13.8 Å². The van der Waals surface area contributed by atoms with Gasteiger partial charge >= 0.3 is 0 Å². The number of ether oxygens (including phenoxy) is 1. The number of benzene rings is 3. The number of sulfonamides is 1. The molecule has 40 heavy (non-hydrogen) atoms. The zero-order valence-electron chi connectivity index (χ0n) is 22.9. The summed E-state index contributed by atoms with van der Waals surface area (Å²) in [6, 6.07) is 14.0. The number of carbonyl (C=O) groups is 1. The number of allylic oxidation sites excluding steroid dienone is 1. The predicted molar refractivity (Wildman–Crippen MR) is 154 cm³/mol. The van der Waals surface area contributed by atoms with Gasteiger partial charge in [0, 0.05) is 36.3 Å². The standard InChI is InChI=1S/C30H33ClF2N2O4S/c1-21(2)19-30(36)34(4)17-7-8-18-39-29-10-6-5-9-26(29)22(3)35(28-20-24(32)13-16-27(28)33)40(37,38)25-14-11-23(31)12-15-25/h5-6,9-16,19-20,22H,7-8,17-18H2,1-4H3. The van der Waals surface area contributed by atoms with Crippen LogP contribution in [0.25, 0.3) is 0 Å². The highest BCUT2D eigenvalue weighted by Gasteiger charge is 2.34. The molecule has 0 aromatic heterocycles. The lowest BCUT2D eigenvalue weighted by Gasteiger charge is -2.32. The average molecular weight is 591 g/mol. The van der Waals surface area contributed by atoms with Crippen molar-refractivity contribution in [3.8, 4) is 5.75 Å². The lowest BCUT2D eigenvalue weighted by molar-refractivity contribution is -0.124. The molecule has 0 aliphatic rings. The Kier molecular flexibility index (Phi) is 10.7. The van der Waals surface area contributed by atoms with Gasteiger partial charge in [-0.3, -0.25) is 9.10 Å². The number of para-hydroxylation sites is 1. The molecule has 6 nitrogen and oxygen atoms in total. The molecule has 0 saturated heterocycles. The number of halogens is 3. The molecule has 3 rings (SSSR count). The molecule has 0 fully saturated rings. The summed E-state index contributed by atoms with van der Waals surface area (Å²) in [6.45, 7) is 6.18. The van der Waals surface area contributed by atoms with Crippen LogP contribution in [0.3, 0.4) is 0 Å². The first kappa shape index (κ1) is 31.1. The molecule has 0 heterocycles. The summed E-state index contributed by atoms with van der Waals surface area (Å²) in [6.07, 6.45) is 2.92. The highest BCUT2D eigenvalue weighted by atomic mass is 35.5. The normalized spacial score (nSPS) is 12.0. The Morgan fingerprint density at radius 3 is 2.38 bits per heavy atom. The van der Waals surface area contributed by atoms with Crippen LogP contribution in [-0.2, 0) is 14.8 Å². The monoisotopic (exact) mass is 590 g/mol. The summed E-state index contributed by atoms with van der Waals surface area (Å²) >= 11 is 5.95. The van der Waals surface area contributed by atoms with Gasteiger partial charge in [0.25, 0.3) is 10.0 Å².